The molecule has 0 heterocycles. The van der Waals surface area contributed by atoms with Crippen molar-refractivity contribution in [2.75, 3.05) is 24.5 Å². The van der Waals surface area contributed by atoms with E-state index in [-0.39, 0.29) is 11.9 Å². The molecule has 0 radical (unpaired) electrons. The number of carbonyl (C=O) groups excluding carboxylic acids is 1. The number of nitrogens with one attached hydrogen (secondary N) is 1. The maximum atomic E-state index is 12.1. The average Bonchev–Trinajstić information content (AvgIpc) is 2.44. The summed E-state index contributed by atoms with van der Waals surface area (Å²) in [4.78, 5) is 14.2. The number of nitrogens with zero attached hydrogens (tertiary/aromatic N) is 1. The highest BCUT2D eigenvalue weighted by atomic mass is 16.2. The molecule has 1 amide bonds. The highest BCUT2D eigenvalue weighted by molar-refractivity contribution is 5.81. The molecule has 4 heteroatoms. The van der Waals surface area contributed by atoms with Crippen molar-refractivity contribution in [3.05, 3.63) is 30.3 Å². The zero-order chi connectivity index (χ0) is 14.8. The number of carbonyl (C=O) groups is 1. The summed E-state index contributed by atoms with van der Waals surface area (Å²) in [6.07, 6.45) is 2.98. The first kappa shape index (κ1) is 16.5. The molecule has 0 spiro atoms. The topological polar surface area (TPSA) is 58.4 Å². The summed E-state index contributed by atoms with van der Waals surface area (Å²) in [5.41, 5.74) is 6.65. The van der Waals surface area contributed by atoms with E-state index in [9.17, 15) is 4.79 Å². The summed E-state index contributed by atoms with van der Waals surface area (Å²) in [5.74, 6) is 0.0758. The third kappa shape index (κ3) is 6.06. The first-order valence-corrected chi connectivity index (χ1v) is 7.46. The summed E-state index contributed by atoms with van der Waals surface area (Å²) >= 11 is 0. The minimum atomic E-state index is 0.0758. The number of nitrogens with two attached hydrogens (primary N) is 1. The van der Waals surface area contributed by atoms with E-state index in [1.54, 1.807) is 0 Å². The minimum Gasteiger partial charge on any atom is -0.362 e. The van der Waals surface area contributed by atoms with Gasteiger partial charge in [-0.05, 0) is 38.4 Å². The number of anilines is 1. The van der Waals surface area contributed by atoms with Crippen LogP contribution in [-0.2, 0) is 4.79 Å². The maximum absolute atomic E-state index is 12.1. The zero-order valence-electron chi connectivity index (χ0n) is 12.6. The van der Waals surface area contributed by atoms with Crippen LogP contribution in [0.5, 0.6) is 0 Å². The van der Waals surface area contributed by atoms with Gasteiger partial charge in [0.15, 0.2) is 0 Å². The molecule has 0 aliphatic heterocycles. The molecule has 0 saturated carbocycles. The predicted molar refractivity (Wildman–Crippen MR) is 84.8 cm³/mol. The van der Waals surface area contributed by atoms with Crippen molar-refractivity contribution in [1.29, 1.82) is 0 Å². The Morgan fingerprint density at radius 2 is 2.05 bits per heavy atom. The smallest absolute Gasteiger partial charge is 0.239 e. The summed E-state index contributed by atoms with van der Waals surface area (Å²) in [7, 11) is 0. The Balaban J connectivity index is 2.58. The standard InChI is InChI=1S/C16H27N3O/c1-3-8-14(2)18-16(20)13-19(12-7-11-17)15-9-5-4-6-10-15/h4-6,9-10,14H,3,7-8,11-13,17H2,1-2H3,(H,18,20). The van der Waals surface area contributed by atoms with Gasteiger partial charge >= 0.3 is 0 Å². The van der Waals surface area contributed by atoms with Gasteiger partial charge in [-0.2, -0.15) is 0 Å². The fraction of sp³-hybridized carbons (Fsp3) is 0.562. The third-order valence-electron chi connectivity index (χ3n) is 3.22. The van der Waals surface area contributed by atoms with Crippen LogP contribution in [0.3, 0.4) is 0 Å². The molecule has 3 N–H and O–H groups in total. The Labute approximate surface area is 122 Å². The summed E-state index contributed by atoms with van der Waals surface area (Å²) in [5, 5.41) is 3.05. The maximum Gasteiger partial charge on any atom is 0.239 e. The first-order chi connectivity index (χ1) is 9.67. The van der Waals surface area contributed by atoms with E-state index in [2.05, 4.69) is 17.1 Å². The third-order valence-corrected chi connectivity index (χ3v) is 3.22. The number of para-hydroxylation sites is 1. The monoisotopic (exact) mass is 277 g/mol. The zero-order valence-corrected chi connectivity index (χ0v) is 12.6. The normalized spacial score (nSPS) is 11.9. The Bertz CT molecular complexity index is 381. The van der Waals surface area contributed by atoms with E-state index >= 15 is 0 Å². The minimum absolute atomic E-state index is 0.0758. The van der Waals surface area contributed by atoms with E-state index in [1.165, 1.54) is 0 Å². The molecule has 112 valence electrons. The van der Waals surface area contributed by atoms with Gasteiger partial charge in [-0.15, -0.1) is 0 Å². The highest BCUT2D eigenvalue weighted by Crippen LogP contribution is 2.13. The lowest BCUT2D eigenvalue weighted by Gasteiger charge is -2.25. The summed E-state index contributed by atoms with van der Waals surface area (Å²) in [6, 6.07) is 10.2. The van der Waals surface area contributed by atoms with Gasteiger partial charge in [0.05, 0.1) is 6.54 Å². The summed E-state index contributed by atoms with van der Waals surface area (Å²) < 4.78 is 0. The Morgan fingerprint density at radius 3 is 2.65 bits per heavy atom. The Kier molecular flexibility index (Phi) is 7.73. The lowest BCUT2D eigenvalue weighted by Crippen LogP contribution is -2.41. The van der Waals surface area contributed by atoms with Gasteiger partial charge in [0, 0.05) is 18.3 Å². The number of hydrogen-bond acceptors (Lipinski definition) is 3. The molecular formula is C16H27N3O. The molecule has 0 fully saturated rings. The van der Waals surface area contributed by atoms with Crippen molar-refractivity contribution in [1.82, 2.24) is 5.32 Å². The van der Waals surface area contributed by atoms with Crippen LogP contribution in [0.1, 0.15) is 33.1 Å². The molecule has 1 unspecified atom stereocenters. The molecule has 1 atom stereocenters. The molecule has 0 aliphatic carbocycles. The molecule has 0 saturated heterocycles. The van der Waals surface area contributed by atoms with Gasteiger partial charge in [0.25, 0.3) is 0 Å². The quantitative estimate of drug-likeness (QED) is 0.727. The molecule has 0 aromatic heterocycles. The van der Waals surface area contributed by atoms with Crippen LogP contribution < -0.4 is 16.0 Å². The molecule has 1 aromatic rings. The average molecular weight is 277 g/mol. The van der Waals surface area contributed by atoms with Crippen molar-refractivity contribution in [2.24, 2.45) is 5.73 Å². The van der Waals surface area contributed by atoms with E-state index in [4.69, 9.17) is 5.73 Å². The second kappa shape index (κ2) is 9.37. The van der Waals surface area contributed by atoms with Gasteiger partial charge in [0.2, 0.25) is 5.91 Å². The largest absolute Gasteiger partial charge is 0.362 e. The Morgan fingerprint density at radius 1 is 1.35 bits per heavy atom. The van der Waals surface area contributed by atoms with Crippen LogP contribution in [0.25, 0.3) is 0 Å². The van der Waals surface area contributed by atoms with Crippen molar-refractivity contribution in [3.63, 3.8) is 0 Å². The van der Waals surface area contributed by atoms with Crippen LogP contribution in [-0.4, -0.2) is 31.6 Å². The van der Waals surface area contributed by atoms with E-state index in [1.807, 2.05) is 37.3 Å². The number of hydrogen-bond donors (Lipinski definition) is 2. The van der Waals surface area contributed by atoms with E-state index < -0.39 is 0 Å². The molecule has 4 nitrogen and oxygen atoms in total. The molecular weight excluding hydrogens is 250 g/mol. The van der Waals surface area contributed by atoms with Gasteiger partial charge in [-0.25, -0.2) is 0 Å². The number of rotatable bonds is 9. The number of amides is 1. The number of benzene rings is 1. The van der Waals surface area contributed by atoms with Crippen molar-refractivity contribution < 1.29 is 4.79 Å². The van der Waals surface area contributed by atoms with Gasteiger partial charge in [-0.1, -0.05) is 31.5 Å². The molecule has 0 aliphatic rings. The lowest BCUT2D eigenvalue weighted by atomic mass is 10.2. The van der Waals surface area contributed by atoms with E-state index in [0.717, 1.165) is 31.5 Å². The first-order valence-electron chi connectivity index (χ1n) is 7.46. The molecule has 1 rings (SSSR count). The van der Waals surface area contributed by atoms with E-state index in [0.29, 0.717) is 13.1 Å². The Hall–Kier alpha value is -1.55. The van der Waals surface area contributed by atoms with Crippen LogP contribution in [0, 0.1) is 0 Å². The SMILES string of the molecule is CCCC(C)NC(=O)CN(CCCN)c1ccccc1. The van der Waals surface area contributed by atoms with Crippen molar-refractivity contribution >= 4 is 11.6 Å². The highest BCUT2D eigenvalue weighted by Gasteiger charge is 2.12. The summed E-state index contributed by atoms with van der Waals surface area (Å²) in [6.45, 7) is 6.00. The van der Waals surface area contributed by atoms with Gasteiger partial charge in [-0.3, -0.25) is 4.79 Å². The van der Waals surface area contributed by atoms with Gasteiger partial charge < -0.3 is 16.0 Å². The van der Waals surface area contributed by atoms with Crippen LogP contribution >= 0.6 is 0 Å². The van der Waals surface area contributed by atoms with Crippen LogP contribution in [0.15, 0.2) is 30.3 Å². The van der Waals surface area contributed by atoms with Crippen LogP contribution in [0.2, 0.25) is 0 Å². The van der Waals surface area contributed by atoms with Crippen LogP contribution in [0.4, 0.5) is 5.69 Å². The molecule has 20 heavy (non-hydrogen) atoms. The van der Waals surface area contributed by atoms with Crippen molar-refractivity contribution in [3.8, 4) is 0 Å². The molecule has 1 aromatic carbocycles. The van der Waals surface area contributed by atoms with Crippen molar-refractivity contribution in [2.45, 2.75) is 39.2 Å². The lowest BCUT2D eigenvalue weighted by molar-refractivity contribution is -0.120. The fourth-order valence-corrected chi connectivity index (χ4v) is 2.22. The predicted octanol–water partition coefficient (Wildman–Crippen LogP) is 2.15. The second-order valence-electron chi connectivity index (χ2n) is 5.16. The molecule has 0 bridgehead atoms. The fourth-order valence-electron chi connectivity index (χ4n) is 2.22. The second-order valence-corrected chi connectivity index (χ2v) is 5.16. The van der Waals surface area contributed by atoms with Gasteiger partial charge in [0.1, 0.15) is 0 Å².